The Hall–Kier alpha value is -2.40. The van der Waals surface area contributed by atoms with Gasteiger partial charge in [0.05, 0.1) is 5.56 Å². The van der Waals surface area contributed by atoms with E-state index in [4.69, 9.17) is 5.73 Å². The van der Waals surface area contributed by atoms with Gasteiger partial charge in [-0.25, -0.2) is 0 Å². The molecule has 2 aromatic carbocycles. The number of ketones is 2. The maximum atomic E-state index is 13.0. The van der Waals surface area contributed by atoms with Crippen LogP contribution in [0.5, 0.6) is 0 Å². The van der Waals surface area contributed by atoms with E-state index in [0.717, 1.165) is 18.6 Å². The monoisotopic (exact) mass is 339 g/mol. The highest BCUT2D eigenvalue weighted by Gasteiger charge is 2.33. The number of carbonyl (C=O) groups excluding carboxylic acids is 3. The van der Waals surface area contributed by atoms with Gasteiger partial charge in [0.15, 0.2) is 11.6 Å². The molecule has 0 atom stereocenters. The first-order valence-corrected chi connectivity index (χ1v) is 8.82. The van der Waals surface area contributed by atoms with E-state index in [9.17, 15) is 14.4 Å². The molecule has 1 amide bonds. The Morgan fingerprint density at radius 3 is 2.29 bits per heavy atom. The zero-order valence-electron chi connectivity index (χ0n) is 13.3. The first-order valence-electron chi connectivity index (χ1n) is 7.84. The van der Waals surface area contributed by atoms with Crippen molar-refractivity contribution < 1.29 is 14.4 Å². The highest BCUT2D eigenvalue weighted by atomic mass is 32.2. The number of unbranched alkanes of at least 4 members (excludes halogenated alkanes) is 1. The maximum Gasteiger partial charge on any atom is 0.249 e. The molecule has 0 heterocycles. The number of hydrogen-bond donors (Lipinski definition) is 1. The van der Waals surface area contributed by atoms with Crippen LogP contribution in [0.25, 0.3) is 0 Å². The topological polar surface area (TPSA) is 77.2 Å². The summed E-state index contributed by atoms with van der Waals surface area (Å²) in [5, 5.41) is 0. The Kier molecular flexibility index (Phi) is 4.53. The largest absolute Gasteiger partial charge is 0.366 e. The summed E-state index contributed by atoms with van der Waals surface area (Å²) in [6, 6.07) is 9.87. The van der Waals surface area contributed by atoms with E-state index in [1.165, 1.54) is 17.8 Å². The quantitative estimate of drug-likeness (QED) is 0.570. The number of thioether (sulfide) groups is 1. The fourth-order valence-corrected chi connectivity index (χ4v) is 4.13. The number of hydrogen-bond acceptors (Lipinski definition) is 4. The van der Waals surface area contributed by atoms with E-state index in [2.05, 4.69) is 6.92 Å². The van der Waals surface area contributed by atoms with Crippen molar-refractivity contribution in [3.8, 4) is 0 Å². The summed E-state index contributed by atoms with van der Waals surface area (Å²) in [6.45, 7) is 2.07. The molecule has 2 N–H and O–H groups in total. The third-order valence-corrected chi connectivity index (χ3v) is 5.26. The van der Waals surface area contributed by atoms with Crippen LogP contribution >= 0.6 is 11.8 Å². The van der Waals surface area contributed by atoms with Crippen molar-refractivity contribution in [3.05, 3.63) is 64.2 Å². The number of fused-ring (bicyclic) bond motifs is 2. The second-order valence-electron chi connectivity index (χ2n) is 5.63. The molecule has 0 fully saturated rings. The fourth-order valence-electron chi connectivity index (χ4n) is 2.82. The van der Waals surface area contributed by atoms with Gasteiger partial charge in [-0.15, -0.1) is 11.8 Å². The van der Waals surface area contributed by atoms with Crippen LogP contribution in [0, 0.1) is 0 Å². The average molecular weight is 339 g/mol. The van der Waals surface area contributed by atoms with Crippen LogP contribution in [0.2, 0.25) is 0 Å². The van der Waals surface area contributed by atoms with Gasteiger partial charge in [0.25, 0.3) is 0 Å². The third-order valence-electron chi connectivity index (χ3n) is 4.06. The van der Waals surface area contributed by atoms with Crippen molar-refractivity contribution in [2.45, 2.75) is 24.7 Å². The summed E-state index contributed by atoms with van der Waals surface area (Å²) < 4.78 is 0. The molecule has 0 spiro atoms. The minimum Gasteiger partial charge on any atom is -0.366 e. The minimum absolute atomic E-state index is 0.187. The molecule has 1 aliphatic rings. The van der Waals surface area contributed by atoms with E-state index < -0.39 is 5.91 Å². The molecule has 0 saturated heterocycles. The van der Waals surface area contributed by atoms with E-state index in [1.54, 1.807) is 30.3 Å². The van der Waals surface area contributed by atoms with E-state index in [0.29, 0.717) is 32.7 Å². The highest BCUT2D eigenvalue weighted by Crippen LogP contribution is 2.36. The van der Waals surface area contributed by atoms with Crippen molar-refractivity contribution in [1.82, 2.24) is 0 Å². The lowest BCUT2D eigenvalue weighted by Gasteiger charge is -2.21. The van der Waals surface area contributed by atoms with Gasteiger partial charge in [-0.2, -0.15) is 0 Å². The van der Waals surface area contributed by atoms with Crippen LogP contribution in [-0.4, -0.2) is 23.2 Å². The maximum absolute atomic E-state index is 13.0. The SMILES string of the molecule is CCCCSc1c(C(N)=O)ccc2c1C(=O)c1ccccc1C2=O. The van der Waals surface area contributed by atoms with Crippen LogP contribution in [0.1, 0.15) is 62.0 Å². The van der Waals surface area contributed by atoms with Gasteiger partial charge in [-0.05, 0) is 24.3 Å². The first kappa shape index (κ1) is 16.5. The van der Waals surface area contributed by atoms with Gasteiger partial charge < -0.3 is 5.73 Å². The van der Waals surface area contributed by atoms with Gasteiger partial charge in [-0.1, -0.05) is 37.6 Å². The molecule has 1 aliphatic carbocycles. The highest BCUT2D eigenvalue weighted by molar-refractivity contribution is 7.99. The molecule has 0 bridgehead atoms. The second-order valence-corrected chi connectivity index (χ2v) is 6.74. The van der Waals surface area contributed by atoms with Gasteiger partial charge >= 0.3 is 0 Å². The van der Waals surface area contributed by atoms with Crippen molar-refractivity contribution in [2.75, 3.05) is 5.75 Å². The molecular formula is C19H17NO3S. The Bertz CT molecular complexity index is 858. The Balaban J connectivity index is 2.20. The Labute approximate surface area is 144 Å². The Morgan fingerprint density at radius 1 is 1.00 bits per heavy atom. The molecule has 0 unspecified atom stereocenters. The van der Waals surface area contributed by atoms with Crippen molar-refractivity contribution in [3.63, 3.8) is 0 Å². The molecule has 3 rings (SSSR count). The van der Waals surface area contributed by atoms with Gasteiger partial charge in [0.1, 0.15) is 0 Å². The minimum atomic E-state index is -0.587. The molecule has 5 heteroatoms. The van der Waals surface area contributed by atoms with Crippen molar-refractivity contribution in [1.29, 1.82) is 0 Å². The summed E-state index contributed by atoms with van der Waals surface area (Å²) in [5.41, 5.74) is 7.24. The number of amides is 1. The Morgan fingerprint density at radius 2 is 1.67 bits per heavy atom. The predicted molar refractivity (Wildman–Crippen MR) is 93.9 cm³/mol. The number of rotatable bonds is 5. The normalized spacial score (nSPS) is 12.7. The van der Waals surface area contributed by atoms with Crippen LogP contribution in [0.15, 0.2) is 41.3 Å². The molecule has 0 aliphatic heterocycles. The smallest absolute Gasteiger partial charge is 0.249 e. The molecule has 0 saturated carbocycles. The zero-order chi connectivity index (χ0) is 17.3. The fraction of sp³-hybridized carbons (Fsp3) is 0.211. The van der Waals surface area contributed by atoms with E-state index >= 15 is 0 Å². The lowest BCUT2D eigenvalue weighted by Crippen LogP contribution is -2.24. The molecule has 4 nitrogen and oxygen atoms in total. The predicted octanol–water partition coefficient (Wildman–Crippen LogP) is 3.45. The number of primary amides is 1. The standard InChI is InChI=1S/C19H17NO3S/c1-2-3-10-24-18-14(19(20)23)9-8-13-15(18)17(22)12-7-5-4-6-11(12)16(13)21/h4-9H,2-3,10H2,1H3,(H2,20,23). The molecule has 2 aromatic rings. The summed E-state index contributed by atoms with van der Waals surface area (Å²) in [6.07, 6.45) is 1.95. The zero-order valence-corrected chi connectivity index (χ0v) is 14.1. The van der Waals surface area contributed by atoms with Crippen molar-refractivity contribution >= 4 is 29.2 Å². The lowest BCUT2D eigenvalue weighted by atomic mass is 9.83. The van der Waals surface area contributed by atoms with E-state index in [-0.39, 0.29) is 11.6 Å². The molecule has 122 valence electrons. The summed E-state index contributed by atoms with van der Waals surface area (Å²) in [7, 11) is 0. The lowest BCUT2D eigenvalue weighted by molar-refractivity contribution is 0.0973. The number of benzene rings is 2. The summed E-state index contributed by atoms with van der Waals surface area (Å²) in [5.74, 6) is -0.233. The van der Waals surface area contributed by atoms with Crippen molar-refractivity contribution in [2.24, 2.45) is 5.73 Å². The third kappa shape index (κ3) is 2.65. The van der Waals surface area contributed by atoms with Gasteiger partial charge in [0.2, 0.25) is 5.91 Å². The summed E-state index contributed by atoms with van der Waals surface area (Å²) in [4.78, 5) is 38.0. The van der Waals surface area contributed by atoms with Gasteiger partial charge in [-0.3, -0.25) is 14.4 Å². The van der Waals surface area contributed by atoms with Crippen LogP contribution in [0.4, 0.5) is 0 Å². The van der Waals surface area contributed by atoms with Gasteiger partial charge in [0, 0.05) is 27.1 Å². The molecule has 0 aromatic heterocycles. The molecule has 0 radical (unpaired) electrons. The first-order chi connectivity index (χ1) is 11.6. The van der Waals surface area contributed by atoms with Crippen LogP contribution in [0.3, 0.4) is 0 Å². The number of carbonyl (C=O) groups is 3. The van der Waals surface area contributed by atoms with Crippen LogP contribution in [-0.2, 0) is 0 Å². The number of nitrogens with two attached hydrogens (primary N) is 1. The van der Waals surface area contributed by atoms with Crippen LogP contribution < -0.4 is 5.73 Å². The second kappa shape index (κ2) is 6.61. The summed E-state index contributed by atoms with van der Waals surface area (Å²) >= 11 is 1.42. The average Bonchev–Trinajstić information content (AvgIpc) is 2.59. The van der Waals surface area contributed by atoms with E-state index in [1.807, 2.05) is 0 Å². The molecular weight excluding hydrogens is 322 g/mol. The molecule has 24 heavy (non-hydrogen) atoms.